The zero-order valence-electron chi connectivity index (χ0n) is 8.78. The van der Waals surface area contributed by atoms with E-state index in [1.54, 1.807) is 0 Å². The van der Waals surface area contributed by atoms with E-state index in [0.717, 1.165) is 12.8 Å². The zero-order valence-corrected chi connectivity index (χ0v) is 8.78. The minimum absolute atomic E-state index is 0.0812. The van der Waals surface area contributed by atoms with Gasteiger partial charge in [-0.15, -0.1) is 5.10 Å². The fraction of sp³-hybridized carbons (Fsp3) is 0.667. The van der Waals surface area contributed by atoms with E-state index in [1.165, 1.54) is 6.07 Å². The smallest absolute Gasteiger partial charge is 0.342 e. The van der Waals surface area contributed by atoms with Gasteiger partial charge in [0, 0.05) is 11.0 Å². The van der Waals surface area contributed by atoms with Gasteiger partial charge in [0.05, 0.1) is 11.8 Å². The number of nitrogens with two attached hydrogens (primary N) is 1. The molecule has 6 heteroatoms. The number of nitrogens with one attached hydrogen (secondary N) is 1. The van der Waals surface area contributed by atoms with Crippen molar-refractivity contribution < 1.29 is 4.92 Å². The molecule has 0 atom stereocenters. The maximum Gasteiger partial charge on any atom is 0.342 e. The van der Waals surface area contributed by atoms with Gasteiger partial charge < -0.3 is 15.8 Å². The summed E-state index contributed by atoms with van der Waals surface area (Å²) in [6.07, 6.45) is 1.89. The largest absolute Gasteiger partial charge is 0.358 e. The first-order chi connectivity index (χ1) is 6.87. The Morgan fingerprint density at radius 2 is 2.27 bits per heavy atom. The molecule has 0 radical (unpaired) electrons. The number of aromatic nitrogens is 2. The quantitative estimate of drug-likeness (QED) is 0.576. The Morgan fingerprint density at radius 1 is 1.67 bits per heavy atom. The summed E-state index contributed by atoms with van der Waals surface area (Å²) in [7, 11) is 0. The van der Waals surface area contributed by atoms with Crippen LogP contribution >= 0.6 is 0 Å². The molecule has 1 aliphatic carbocycles. The van der Waals surface area contributed by atoms with Crippen LogP contribution in [-0.2, 0) is 5.41 Å². The van der Waals surface area contributed by atoms with Crippen LogP contribution in [-0.4, -0.2) is 20.7 Å². The highest BCUT2D eigenvalue weighted by Crippen LogP contribution is 2.48. The molecule has 1 heterocycles. The summed E-state index contributed by atoms with van der Waals surface area (Å²) in [5.74, 6) is -0.0812. The number of hydrogen-bond acceptors (Lipinski definition) is 4. The molecule has 0 aliphatic heterocycles. The van der Waals surface area contributed by atoms with Crippen molar-refractivity contribution in [1.29, 1.82) is 0 Å². The second-order valence-electron chi connectivity index (χ2n) is 4.68. The van der Waals surface area contributed by atoms with Crippen LogP contribution in [0.25, 0.3) is 0 Å². The molecule has 15 heavy (non-hydrogen) atoms. The molecular formula is C9H14N4O2. The van der Waals surface area contributed by atoms with Crippen LogP contribution in [0.1, 0.15) is 32.4 Å². The molecule has 1 aromatic rings. The van der Waals surface area contributed by atoms with Gasteiger partial charge in [-0.3, -0.25) is 0 Å². The highest BCUT2D eigenvalue weighted by atomic mass is 16.6. The van der Waals surface area contributed by atoms with Gasteiger partial charge in [0.1, 0.15) is 0 Å². The number of nitrogens with zero attached hydrogens (tertiary/aromatic N) is 2. The van der Waals surface area contributed by atoms with Gasteiger partial charge in [-0.05, 0) is 17.8 Å². The van der Waals surface area contributed by atoms with Crippen LogP contribution in [0.5, 0.6) is 0 Å². The lowest BCUT2D eigenvalue weighted by atomic mass is 9.79. The van der Waals surface area contributed by atoms with Crippen molar-refractivity contribution in [2.45, 2.75) is 37.6 Å². The SMILES string of the molecule is CC(C)(c1cc([N+](=O)[O-])[nH]n1)C1(N)CC1. The number of hydrogen-bond donors (Lipinski definition) is 2. The standard InChI is InChI=1S/C9H14N4O2/c1-8(2,9(10)3-4-9)6-5-7(12-11-6)13(14)15/h5H,3-4,10H2,1-2H3,(H,11,12). The summed E-state index contributed by atoms with van der Waals surface area (Å²) in [5.41, 5.74) is 6.20. The number of H-pyrrole nitrogens is 1. The topological polar surface area (TPSA) is 97.8 Å². The normalized spacial score (nSPS) is 18.9. The molecule has 0 aromatic carbocycles. The Bertz CT molecular complexity index is 406. The number of nitro groups is 1. The lowest BCUT2D eigenvalue weighted by Gasteiger charge is -2.28. The van der Waals surface area contributed by atoms with Gasteiger partial charge in [-0.1, -0.05) is 18.9 Å². The lowest BCUT2D eigenvalue weighted by Crippen LogP contribution is -2.43. The van der Waals surface area contributed by atoms with E-state index in [0.29, 0.717) is 5.69 Å². The van der Waals surface area contributed by atoms with Gasteiger partial charge in [0.15, 0.2) is 0 Å². The van der Waals surface area contributed by atoms with Gasteiger partial charge >= 0.3 is 5.82 Å². The number of aromatic amines is 1. The maximum atomic E-state index is 10.5. The summed E-state index contributed by atoms with van der Waals surface area (Å²) in [4.78, 5) is 10.0. The first kappa shape index (κ1) is 10.1. The van der Waals surface area contributed by atoms with Crippen molar-refractivity contribution in [3.63, 3.8) is 0 Å². The zero-order chi connectivity index (χ0) is 11.3. The summed E-state index contributed by atoms with van der Waals surface area (Å²) >= 11 is 0. The van der Waals surface area contributed by atoms with E-state index in [-0.39, 0.29) is 16.8 Å². The highest BCUT2D eigenvalue weighted by molar-refractivity contribution is 5.32. The van der Waals surface area contributed by atoms with Crippen LogP contribution in [0.3, 0.4) is 0 Å². The highest BCUT2D eigenvalue weighted by Gasteiger charge is 2.53. The van der Waals surface area contributed by atoms with Crippen LogP contribution < -0.4 is 5.73 Å². The average molecular weight is 210 g/mol. The molecule has 0 bridgehead atoms. The Balaban J connectivity index is 2.33. The Labute approximate surface area is 87.0 Å². The molecule has 0 saturated heterocycles. The third kappa shape index (κ3) is 1.41. The second-order valence-corrected chi connectivity index (χ2v) is 4.68. The van der Waals surface area contributed by atoms with Crippen molar-refractivity contribution >= 4 is 5.82 Å². The maximum absolute atomic E-state index is 10.5. The van der Waals surface area contributed by atoms with Crippen molar-refractivity contribution in [2.24, 2.45) is 5.73 Å². The summed E-state index contributed by atoms with van der Waals surface area (Å²) in [6.45, 7) is 3.94. The molecule has 1 fully saturated rings. The molecule has 1 saturated carbocycles. The fourth-order valence-corrected chi connectivity index (χ4v) is 1.74. The van der Waals surface area contributed by atoms with Gasteiger partial charge in [-0.2, -0.15) is 0 Å². The molecular weight excluding hydrogens is 196 g/mol. The van der Waals surface area contributed by atoms with Gasteiger partial charge in [0.2, 0.25) is 0 Å². The van der Waals surface area contributed by atoms with Crippen LogP contribution in [0.4, 0.5) is 5.82 Å². The van der Waals surface area contributed by atoms with E-state index in [4.69, 9.17) is 5.73 Å². The van der Waals surface area contributed by atoms with E-state index in [2.05, 4.69) is 10.2 Å². The Morgan fingerprint density at radius 3 is 2.67 bits per heavy atom. The van der Waals surface area contributed by atoms with Gasteiger partial charge in [0.25, 0.3) is 0 Å². The van der Waals surface area contributed by atoms with Crippen LogP contribution in [0.2, 0.25) is 0 Å². The molecule has 1 aliphatic rings. The molecule has 0 unspecified atom stereocenters. The van der Waals surface area contributed by atoms with Crippen molar-refractivity contribution in [3.05, 3.63) is 21.9 Å². The van der Waals surface area contributed by atoms with Crippen LogP contribution in [0, 0.1) is 10.1 Å². The first-order valence-electron chi connectivity index (χ1n) is 4.86. The van der Waals surface area contributed by atoms with Crippen molar-refractivity contribution in [3.8, 4) is 0 Å². The minimum atomic E-state index is -0.483. The second kappa shape index (κ2) is 2.79. The van der Waals surface area contributed by atoms with E-state index >= 15 is 0 Å². The monoisotopic (exact) mass is 210 g/mol. The fourth-order valence-electron chi connectivity index (χ4n) is 1.74. The third-order valence-electron chi connectivity index (χ3n) is 3.43. The molecule has 1 aromatic heterocycles. The number of rotatable bonds is 3. The summed E-state index contributed by atoms with van der Waals surface area (Å²) in [5, 5.41) is 16.9. The van der Waals surface area contributed by atoms with Crippen LogP contribution in [0.15, 0.2) is 6.07 Å². The van der Waals surface area contributed by atoms with Crippen molar-refractivity contribution in [1.82, 2.24) is 10.2 Å². The molecule has 2 rings (SSSR count). The Hall–Kier alpha value is -1.43. The molecule has 82 valence electrons. The van der Waals surface area contributed by atoms with E-state index in [1.807, 2.05) is 13.8 Å². The Kier molecular flexibility index (Phi) is 1.88. The third-order valence-corrected chi connectivity index (χ3v) is 3.43. The molecule has 6 nitrogen and oxygen atoms in total. The molecule has 3 N–H and O–H groups in total. The van der Waals surface area contributed by atoms with Gasteiger partial charge in [-0.25, -0.2) is 0 Å². The van der Waals surface area contributed by atoms with E-state index in [9.17, 15) is 10.1 Å². The predicted octanol–water partition coefficient (Wildman–Crippen LogP) is 1.09. The molecule has 0 spiro atoms. The first-order valence-corrected chi connectivity index (χ1v) is 4.86. The lowest BCUT2D eigenvalue weighted by molar-refractivity contribution is -0.389. The summed E-state index contributed by atoms with van der Waals surface area (Å²) < 4.78 is 0. The predicted molar refractivity (Wildman–Crippen MR) is 54.4 cm³/mol. The summed E-state index contributed by atoms with van der Waals surface area (Å²) in [6, 6.07) is 1.47. The minimum Gasteiger partial charge on any atom is -0.358 e. The molecule has 0 amide bonds. The van der Waals surface area contributed by atoms with Crippen molar-refractivity contribution in [2.75, 3.05) is 0 Å². The van der Waals surface area contributed by atoms with E-state index < -0.39 is 4.92 Å². The average Bonchev–Trinajstić information content (AvgIpc) is 2.73.